The van der Waals surface area contributed by atoms with Gasteiger partial charge in [0.25, 0.3) is 5.91 Å². The van der Waals surface area contributed by atoms with Crippen molar-refractivity contribution < 1.29 is 13.2 Å². The summed E-state index contributed by atoms with van der Waals surface area (Å²) in [5, 5.41) is 0. The summed E-state index contributed by atoms with van der Waals surface area (Å²) in [5.41, 5.74) is 1.26. The number of benzene rings is 1. The van der Waals surface area contributed by atoms with Crippen LogP contribution in [0.1, 0.15) is 42.7 Å². The Morgan fingerprint density at radius 2 is 2.07 bits per heavy atom. The number of carbonyl (C=O) groups is 1. The van der Waals surface area contributed by atoms with Crippen LogP contribution in [0.15, 0.2) is 46.7 Å². The quantitative estimate of drug-likeness (QED) is 0.777. The van der Waals surface area contributed by atoms with Gasteiger partial charge in [-0.2, -0.15) is 0 Å². The largest absolute Gasteiger partial charge is 0.307 e. The Balaban J connectivity index is 1.56. The first-order chi connectivity index (χ1) is 14.3. The van der Waals surface area contributed by atoms with Crippen molar-refractivity contribution in [1.82, 2.24) is 19.6 Å². The Hall–Kier alpha value is -2.85. The SMILES string of the molecule is C[C@@H]1CN=C2N(Cc3cnccn3)C(=O)c3cc(S(=O)(=O)NC4(C)CC4)ccc3N21. The van der Waals surface area contributed by atoms with Gasteiger partial charge in [-0.3, -0.25) is 24.7 Å². The lowest BCUT2D eigenvalue weighted by atomic mass is 10.1. The third kappa shape index (κ3) is 3.16. The predicted octanol–water partition coefficient (Wildman–Crippen LogP) is 1.53. The first-order valence-electron chi connectivity index (χ1n) is 9.86. The number of nitrogens with zero attached hydrogens (tertiary/aromatic N) is 5. The predicted molar refractivity (Wildman–Crippen MR) is 111 cm³/mol. The summed E-state index contributed by atoms with van der Waals surface area (Å²) in [6.07, 6.45) is 6.37. The summed E-state index contributed by atoms with van der Waals surface area (Å²) in [6.45, 7) is 4.67. The van der Waals surface area contributed by atoms with E-state index in [-0.39, 0.29) is 28.9 Å². The number of guanidine groups is 1. The summed E-state index contributed by atoms with van der Waals surface area (Å²) >= 11 is 0. The molecule has 0 bridgehead atoms. The molecule has 0 radical (unpaired) electrons. The molecule has 1 aromatic heterocycles. The van der Waals surface area contributed by atoms with Crippen molar-refractivity contribution in [1.29, 1.82) is 0 Å². The van der Waals surface area contributed by atoms with E-state index >= 15 is 0 Å². The maximum atomic E-state index is 13.4. The van der Waals surface area contributed by atoms with Crippen LogP contribution in [0.3, 0.4) is 0 Å². The molecule has 0 saturated heterocycles. The molecule has 1 aromatic carbocycles. The Labute approximate surface area is 174 Å². The van der Waals surface area contributed by atoms with E-state index in [4.69, 9.17) is 0 Å². The van der Waals surface area contributed by atoms with Crippen LogP contribution in [0, 0.1) is 0 Å². The third-order valence-electron chi connectivity index (χ3n) is 5.73. The average Bonchev–Trinajstić information content (AvgIpc) is 3.31. The molecule has 1 aliphatic carbocycles. The molecule has 1 saturated carbocycles. The van der Waals surface area contributed by atoms with E-state index < -0.39 is 10.0 Å². The zero-order chi connectivity index (χ0) is 21.1. The highest BCUT2D eigenvalue weighted by atomic mass is 32.2. The normalized spacial score (nSPS) is 21.9. The monoisotopic (exact) mass is 426 g/mol. The molecule has 0 spiro atoms. The summed E-state index contributed by atoms with van der Waals surface area (Å²) < 4.78 is 28.4. The Bertz CT molecular complexity index is 1160. The second-order valence-electron chi connectivity index (χ2n) is 8.29. The van der Waals surface area contributed by atoms with Gasteiger partial charge < -0.3 is 4.90 Å². The van der Waals surface area contributed by atoms with Gasteiger partial charge in [0.05, 0.1) is 47.2 Å². The number of hydrogen-bond donors (Lipinski definition) is 1. The summed E-state index contributed by atoms with van der Waals surface area (Å²) in [5.74, 6) is 0.263. The molecule has 1 N–H and O–H groups in total. The van der Waals surface area contributed by atoms with Gasteiger partial charge in [0.15, 0.2) is 0 Å². The van der Waals surface area contributed by atoms with Gasteiger partial charge in [-0.05, 0) is 44.9 Å². The fourth-order valence-electron chi connectivity index (χ4n) is 3.82. The van der Waals surface area contributed by atoms with Gasteiger partial charge in [-0.15, -0.1) is 0 Å². The minimum absolute atomic E-state index is 0.0576. The first-order valence-corrected chi connectivity index (χ1v) is 11.3. The molecule has 5 rings (SSSR count). The zero-order valence-electron chi connectivity index (χ0n) is 16.7. The van der Waals surface area contributed by atoms with E-state index in [0.29, 0.717) is 29.4 Å². The van der Waals surface area contributed by atoms with E-state index in [0.717, 1.165) is 12.8 Å². The molecule has 2 aromatic rings. The summed E-state index contributed by atoms with van der Waals surface area (Å²) in [4.78, 5) is 29.9. The molecule has 3 aliphatic rings. The topological polar surface area (TPSA) is 108 Å². The molecule has 156 valence electrons. The fraction of sp³-hybridized carbons (Fsp3) is 0.400. The van der Waals surface area contributed by atoms with Crippen LogP contribution in [-0.2, 0) is 16.6 Å². The number of anilines is 1. The number of sulfonamides is 1. The van der Waals surface area contributed by atoms with E-state index in [9.17, 15) is 13.2 Å². The van der Waals surface area contributed by atoms with Crippen LogP contribution in [-0.4, -0.2) is 53.3 Å². The van der Waals surface area contributed by atoms with E-state index in [1.165, 1.54) is 6.07 Å². The third-order valence-corrected chi connectivity index (χ3v) is 7.36. The molecule has 2 aliphatic heterocycles. The second-order valence-corrected chi connectivity index (χ2v) is 9.98. The average molecular weight is 427 g/mol. The van der Waals surface area contributed by atoms with Crippen LogP contribution in [0.2, 0.25) is 0 Å². The zero-order valence-corrected chi connectivity index (χ0v) is 17.6. The van der Waals surface area contributed by atoms with Crippen LogP contribution in [0.4, 0.5) is 5.69 Å². The number of nitrogens with one attached hydrogen (secondary N) is 1. The molecule has 1 atom stereocenters. The summed E-state index contributed by atoms with van der Waals surface area (Å²) in [6, 6.07) is 4.79. The highest BCUT2D eigenvalue weighted by molar-refractivity contribution is 7.89. The Kier molecular flexibility index (Phi) is 4.19. The van der Waals surface area contributed by atoms with E-state index in [1.807, 2.05) is 18.7 Å². The molecule has 30 heavy (non-hydrogen) atoms. The van der Waals surface area contributed by atoms with Gasteiger partial charge in [0, 0.05) is 17.9 Å². The number of aliphatic imine (C=N–C) groups is 1. The number of amides is 1. The molecular formula is C20H22N6O3S. The minimum Gasteiger partial charge on any atom is -0.307 e. The molecule has 9 nitrogen and oxygen atoms in total. The first kappa shape index (κ1) is 19.1. The highest BCUT2D eigenvalue weighted by Crippen LogP contribution is 2.38. The van der Waals surface area contributed by atoms with Crippen molar-refractivity contribution in [2.75, 3.05) is 11.4 Å². The highest BCUT2D eigenvalue weighted by Gasteiger charge is 2.43. The van der Waals surface area contributed by atoms with Gasteiger partial charge in [-0.25, -0.2) is 13.1 Å². The number of hydrogen-bond acceptors (Lipinski definition) is 7. The minimum atomic E-state index is -3.72. The number of fused-ring (bicyclic) bond motifs is 3. The van der Waals surface area contributed by atoms with Crippen molar-refractivity contribution in [2.24, 2.45) is 4.99 Å². The van der Waals surface area contributed by atoms with Crippen molar-refractivity contribution in [2.45, 2.75) is 49.7 Å². The van der Waals surface area contributed by atoms with Crippen LogP contribution in [0.25, 0.3) is 0 Å². The van der Waals surface area contributed by atoms with E-state index in [2.05, 4.69) is 19.7 Å². The lowest BCUT2D eigenvalue weighted by Crippen LogP contribution is -2.52. The second kappa shape index (κ2) is 6.58. The molecule has 1 fully saturated rings. The lowest BCUT2D eigenvalue weighted by Gasteiger charge is -2.37. The molecular weight excluding hydrogens is 404 g/mol. The van der Waals surface area contributed by atoms with Crippen molar-refractivity contribution in [3.63, 3.8) is 0 Å². The smallest absolute Gasteiger partial charge is 0.263 e. The maximum Gasteiger partial charge on any atom is 0.263 e. The number of rotatable bonds is 5. The van der Waals surface area contributed by atoms with Gasteiger partial charge in [0.1, 0.15) is 0 Å². The van der Waals surface area contributed by atoms with Gasteiger partial charge >= 0.3 is 0 Å². The van der Waals surface area contributed by atoms with Crippen LogP contribution in [0.5, 0.6) is 0 Å². The van der Waals surface area contributed by atoms with E-state index in [1.54, 1.807) is 35.6 Å². The fourth-order valence-corrected chi connectivity index (χ4v) is 5.31. The number of carbonyl (C=O) groups excluding carboxylic acids is 1. The van der Waals surface area contributed by atoms with Crippen molar-refractivity contribution in [3.05, 3.63) is 48.0 Å². The van der Waals surface area contributed by atoms with Gasteiger partial charge in [0.2, 0.25) is 16.0 Å². The molecule has 3 heterocycles. The molecule has 0 unspecified atom stereocenters. The molecule has 10 heteroatoms. The molecule has 1 amide bonds. The Morgan fingerprint density at radius 1 is 1.27 bits per heavy atom. The van der Waals surface area contributed by atoms with Crippen LogP contribution >= 0.6 is 0 Å². The summed E-state index contributed by atoms with van der Waals surface area (Å²) in [7, 11) is -3.72. The van der Waals surface area contributed by atoms with Gasteiger partial charge in [-0.1, -0.05) is 0 Å². The van der Waals surface area contributed by atoms with Crippen LogP contribution < -0.4 is 9.62 Å². The number of aromatic nitrogens is 2. The lowest BCUT2D eigenvalue weighted by molar-refractivity contribution is 0.0831. The maximum absolute atomic E-state index is 13.4. The Morgan fingerprint density at radius 3 is 2.77 bits per heavy atom. The van der Waals surface area contributed by atoms with Crippen molar-refractivity contribution in [3.8, 4) is 0 Å². The van der Waals surface area contributed by atoms with Crippen molar-refractivity contribution >= 4 is 27.6 Å². The standard InChI is InChI=1S/C20H22N6O3S/c1-13-10-23-19-25(12-14-11-21-7-8-22-14)18(27)16-9-15(3-4-17(16)26(13)19)30(28,29)24-20(2)5-6-20/h3-4,7-9,11,13,24H,5-6,10,12H2,1-2H3/t13-/m1/s1.